The van der Waals surface area contributed by atoms with Crippen molar-refractivity contribution < 1.29 is 17.9 Å². The summed E-state index contributed by atoms with van der Waals surface area (Å²) in [7, 11) is -2.95. The molecule has 3 rings (SSSR count). The Balaban J connectivity index is 1.66. The van der Waals surface area contributed by atoms with Crippen LogP contribution in [0.15, 0.2) is 0 Å². The van der Waals surface area contributed by atoms with E-state index in [9.17, 15) is 13.2 Å². The highest BCUT2D eigenvalue weighted by molar-refractivity contribution is 7.91. The molecule has 2 atom stereocenters. The van der Waals surface area contributed by atoms with Gasteiger partial charge in [0, 0.05) is 18.4 Å². The lowest BCUT2D eigenvalue weighted by Gasteiger charge is -2.47. The maximum Gasteiger partial charge on any atom is 0.151 e. The summed E-state index contributed by atoms with van der Waals surface area (Å²) in [5, 5.41) is 0. The van der Waals surface area contributed by atoms with Gasteiger partial charge in [0.15, 0.2) is 9.84 Å². The molecule has 5 heteroatoms. The van der Waals surface area contributed by atoms with Crippen LogP contribution in [0.25, 0.3) is 0 Å². The Bertz CT molecular complexity index is 450. The molecule has 1 spiro atoms. The van der Waals surface area contributed by atoms with E-state index in [1.807, 2.05) is 0 Å². The van der Waals surface area contributed by atoms with Crippen LogP contribution < -0.4 is 0 Å². The normalized spacial score (nSPS) is 37.3. The van der Waals surface area contributed by atoms with E-state index in [0.29, 0.717) is 13.0 Å². The van der Waals surface area contributed by atoms with E-state index >= 15 is 0 Å². The molecule has 0 amide bonds. The Labute approximate surface area is 108 Å². The average molecular weight is 272 g/mol. The summed E-state index contributed by atoms with van der Waals surface area (Å²) in [5.74, 6) is 0.256. The first-order valence-electron chi connectivity index (χ1n) is 6.88. The van der Waals surface area contributed by atoms with Gasteiger partial charge < -0.3 is 4.74 Å². The molecular formula is C13H20O4S. The molecule has 2 saturated heterocycles. The van der Waals surface area contributed by atoms with Crippen LogP contribution in [0.1, 0.15) is 38.5 Å². The molecule has 18 heavy (non-hydrogen) atoms. The van der Waals surface area contributed by atoms with Crippen molar-refractivity contribution in [2.45, 2.75) is 44.1 Å². The third kappa shape index (κ3) is 2.23. The molecule has 2 aliphatic heterocycles. The van der Waals surface area contributed by atoms with E-state index in [-0.39, 0.29) is 34.7 Å². The summed E-state index contributed by atoms with van der Waals surface area (Å²) in [6.07, 6.45) is 5.46. The number of Topliss-reactive ketones (excluding diaryl/α,β-unsaturated/α-hetero) is 1. The van der Waals surface area contributed by atoms with Gasteiger partial charge in [-0.15, -0.1) is 0 Å². The topological polar surface area (TPSA) is 60.4 Å². The molecule has 0 N–H and O–H groups in total. The molecule has 2 unspecified atom stereocenters. The Morgan fingerprint density at radius 1 is 1.17 bits per heavy atom. The van der Waals surface area contributed by atoms with Crippen molar-refractivity contribution in [1.29, 1.82) is 0 Å². The number of ketones is 1. The third-order valence-electron chi connectivity index (χ3n) is 4.79. The fourth-order valence-electron chi connectivity index (χ4n) is 3.54. The predicted molar refractivity (Wildman–Crippen MR) is 67.0 cm³/mol. The second kappa shape index (κ2) is 4.30. The fraction of sp³-hybridized carbons (Fsp3) is 0.923. The molecule has 102 valence electrons. The van der Waals surface area contributed by atoms with Gasteiger partial charge in [-0.1, -0.05) is 0 Å². The van der Waals surface area contributed by atoms with Crippen LogP contribution in [0.5, 0.6) is 0 Å². The van der Waals surface area contributed by atoms with Crippen LogP contribution in [0, 0.1) is 11.8 Å². The summed E-state index contributed by atoms with van der Waals surface area (Å²) in [6, 6.07) is 0. The zero-order valence-corrected chi connectivity index (χ0v) is 11.4. The van der Waals surface area contributed by atoms with Crippen molar-refractivity contribution in [2.75, 3.05) is 18.1 Å². The quantitative estimate of drug-likeness (QED) is 0.761. The van der Waals surface area contributed by atoms with Crippen LogP contribution >= 0.6 is 0 Å². The van der Waals surface area contributed by atoms with Gasteiger partial charge in [0.05, 0.1) is 17.1 Å². The Morgan fingerprint density at radius 3 is 2.50 bits per heavy atom. The number of hydrogen-bond acceptors (Lipinski definition) is 4. The second-order valence-corrected chi connectivity index (χ2v) is 8.31. The number of carbonyl (C=O) groups excluding carboxylic acids is 1. The van der Waals surface area contributed by atoms with Crippen LogP contribution in [-0.4, -0.2) is 37.9 Å². The number of sulfone groups is 1. The maximum atomic E-state index is 12.4. The molecule has 0 aromatic carbocycles. The van der Waals surface area contributed by atoms with E-state index < -0.39 is 9.84 Å². The summed E-state index contributed by atoms with van der Waals surface area (Å²) < 4.78 is 28.7. The van der Waals surface area contributed by atoms with Gasteiger partial charge in [-0.05, 0) is 38.5 Å². The van der Waals surface area contributed by atoms with Crippen LogP contribution in [0.4, 0.5) is 0 Å². The van der Waals surface area contributed by atoms with E-state index in [2.05, 4.69) is 0 Å². The fourth-order valence-corrected chi connectivity index (χ4v) is 5.30. The summed E-state index contributed by atoms with van der Waals surface area (Å²) in [4.78, 5) is 12.4. The minimum atomic E-state index is -2.95. The molecular weight excluding hydrogens is 252 g/mol. The highest BCUT2D eigenvalue weighted by Crippen LogP contribution is 2.45. The van der Waals surface area contributed by atoms with Gasteiger partial charge in [-0.3, -0.25) is 4.79 Å². The molecule has 0 aromatic heterocycles. The third-order valence-corrected chi connectivity index (χ3v) is 6.56. The van der Waals surface area contributed by atoms with Crippen LogP contribution in [0.3, 0.4) is 0 Å². The van der Waals surface area contributed by atoms with Gasteiger partial charge in [-0.25, -0.2) is 8.42 Å². The zero-order valence-electron chi connectivity index (χ0n) is 10.6. The van der Waals surface area contributed by atoms with Crippen molar-refractivity contribution >= 4 is 15.6 Å². The summed E-state index contributed by atoms with van der Waals surface area (Å²) in [6.45, 7) is 0.663. The van der Waals surface area contributed by atoms with E-state index in [0.717, 1.165) is 25.7 Å². The first-order valence-corrected chi connectivity index (χ1v) is 8.70. The minimum Gasteiger partial charge on any atom is -0.375 e. The maximum absolute atomic E-state index is 12.4. The first-order chi connectivity index (χ1) is 8.50. The lowest BCUT2D eigenvalue weighted by molar-refractivity contribution is -0.157. The average Bonchev–Trinajstić information content (AvgIpc) is 2.67. The van der Waals surface area contributed by atoms with Crippen LogP contribution in [0.2, 0.25) is 0 Å². The van der Waals surface area contributed by atoms with Gasteiger partial charge in [0.2, 0.25) is 0 Å². The molecule has 3 aliphatic rings. The summed E-state index contributed by atoms with van der Waals surface area (Å²) in [5.41, 5.74) is -0.0317. The Kier molecular flexibility index (Phi) is 3.01. The van der Waals surface area contributed by atoms with E-state index in [1.54, 1.807) is 0 Å². The lowest BCUT2D eigenvalue weighted by Crippen LogP contribution is -2.47. The Hall–Kier alpha value is -0.420. The molecule has 1 aliphatic carbocycles. The standard InChI is InChI=1S/C13H20O4S/c14-12(11-3-7-18(15,16)9-11)10-2-6-17-13(8-10)4-1-5-13/h10-11H,1-9H2. The molecule has 3 fully saturated rings. The van der Waals surface area contributed by atoms with Gasteiger partial charge in [0.1, 0.15) is 5.78 Å². The van der Waals surface area contributed by atoms with Crippen molar-refractivity contribution in [1.82, 2.24) is 0 Å². The molecule has 0 radical (unpaired) electrons. The highest BCUT2D eigenvalue weighted by atomic mass is 32.2. The smallest absolute Gasteiger partial charge is 0.151 e. The van der Waals surface area contributed by atoms with Crippen LogP contribution in [-0.2, 0) is 19.4 Å². The van der Waals surface area contributed by atoms with Gasteiger partial charge >= 0.3 is 0 Å². The molecule has 0 aromatic rings. The minimum absolute atomic E-state index is 0.0317. The number of rotatable bonds is 2. The molecule has 1 saturated carbocycles. The highest BCUT2D eigenvalue weighted by Gasteiger charge is 2.46. The molecule has 0 bridgehead atoms. The Morgan fingerprint density at radius 2 is 1.94 bits per heavy atom. The second-order valence-electron chi connectivity index (χ2n) is 6.08. The molecule has 4 nitrogen and oxygen atoms in total. The van der Waals surface area contributed by atoms with E-state index in [4.69, 9.17) is 4.74 Å². The monoisotopic (exact) mass is 272 g/mol. The SMILES string of the molecule is O=C(C1CCOC2(CCC2)C1)C1CCS(=O)(=O)C1. The number of ether oxygens (including phenoxy) is 1. The first kappa shape index (κ1) is 12.6. The molecule has 2 heterocycles. The number of carbonyl (C=O) groups is 1. The zero-order chi connectivity index (χ0) is 12.8. The van der Waals surface area contributed by atoms with Crippen molar-refractivity contribution in [3.8, 4) is 0 Å². The number of hydrogen-bond donors (Lipinski definition) is 0. The van der Waals surface area contributed by atoms with Crippen molar-refractivity contribution in [2.24, 2.45) is 11.8 Å². The van der Waals surface area contributed by atoms with Gasteiger partial charge in [0.25, 0.3) is 0 Å². The van der Waals surface area contributed by atoms with Gasteiger partial charge in [-0.2, -0.15) is 0 Å². The largest absolute Gasteiger partial charge is 0.375 e. The summed E-state index contributed by atoms with van der Waals surface area (Å²) >= 11 is 0. The van der Waals surface area contributed by atoms with Crippen molar-refractivity contribution in [3.05, 3.63) is 0 Å². The predicted octanol–water partition coefficient (Wildman–Crippen LogP) is 1.34. The lowest BCUT2D eigenvalue weighted by atomic mass is 9.70. The van der Waals surface area contributed by atoms with Crippen molar-refractivity contribution in [3.63, 3.8) is 0 Å². The van der Waals surface area contributed by atoms with E-state index in [1.165, 1.54) is 6.42 Å².